The maximum atomic E-state index is 12.9. The number of benzene rings is 1. The average molecular weight is 239 g/mol. The van der Waals surface area contributed by atoms with Crippen LogP contribution in [0, 0.1) is 5.82 Å². The molecule has 1 aliphatic heterocycles. The van der Waals surface area contributed by atoms with Crippen LogP contribution in [0.3, 0.4) is 0 Å². The maximum absolute atomic E-state index is 12.9. The number of nitrogens with one attached hydrogen (secondary N) is 1. The van der Waals surface area contributed by atoms with Gasteiger partial charge in [-0.05, 0) is 18.2 Å². The van der Waals surface area contributed by atoms with E-state index in [9.17, 15) is 9.18 Å². The van der Waals surface area contributed by atoms with Crippen LogP contribution < -0.4 is 5.32 Å². The molecule has 0 saturated carbocycles. The van der Waals surface area contributed by atoms with Gasteiger partial charge in [0, 0.05) is 18.5 Å². The Hall–Kier alpha value is -1.46. The molecule has 4 nitrogen and oxygen atoms in total. The quantitative estimate of drug-likeness (QED) is 0.862. The molecular formula is C12H14FNO3. The summed E-state index contributed by atoms with van der Waals surface area (Å²) in [6.07, 6.45) is 0.365. The normalized spacial score (nSPS) is 16.1. The second-order valence-electron chi connectivity index (χ2n) is 3.73. The zero-order chi connectivity index (χ0) is 12.1. The van der Waals surface area contributed by atoms with E-state index in [1.807, 2.05) is 0 Å². The maximum Gasteiger partial charge on any atom is 0.251 e. The first-order chi connectivity index (χ1) is 8.25. The minimum atomic E-state index is -0.417. The first-order valence-electron chi connectivity index (χ1n) is 5.53. The minimum Gasteiger partial charge on any atom is -0.352 e. The molecule has 92 valence electrons. The van der Waals surface area contributed by atoms with E-state index in [0.717, 1.165) is 0 Å². The summed E-state index contributed by atoms with van der Waals surface area (Å²) >= 11 is 0. The van der Waals surface area contributed by atoms with Gasteiger partial charge in [0.1, 0.15) is 5.82 Å². The molecule has 1 fully saturated rings. The molecule has 0 unspecified atom stereocenters. The lowest BCUT2D eigenvalue weighted by atomic mass is 10.2. The fourth-order valence-corrected chi connectivity index (χ4v) is 1.61. The number of rotatable bonds is 4. The monoisotopic (exact) mass is 239 g/mol. The van der Waals surface area contributed by atoms with Crippen LogP contribution in [0.25, 0.3) is 0 Å². The standard InChI is InChI=1S/C12H14FNO3/c13-10-3-1-2-9(8-10)12(15)14-5-4-11-16-6-7-17-11/h1-3,8,11H,4-7H2,(H,14,15). The Morgan fingerprint density at radius 1 is 1.41 bits per heavy atom. The molecule has 0 aromatic heterocycles. The van der Waals surface area contributed by atoms with E-state index in [1.165, 1.54) is 18.2 Å². The van der Waals surface area contributed by atoms with E-state index in [4.69, 9.17) is 9.47 Å². The van der Waals surface area contributed by atoms with Gasteiger partial charge in [0.05, 0.1) is 13.2 Å². The molecule has 1 saturated heterocycles. The van der Waals surface area contributed by atoms with E-state index in [1.54, 1.807) is 6.07 Å². The highest BCUT2D eigenvalue weighted by Crippen LogP contribution is 2.07. The molecular weight excluding hydrogens is 225 g/mol. The Bertz CT molecular complexity index is 391. The molecule has 1 aliphatic rings. The molecule has 0 atom stereocenters. The van der Waals surface area contributed by atoms with Crippen LogP contribution in [-0.2, 0) is 9.47 Å². The Morgan fingerprint density at radius 3 is 2.88 bits per heavy atom. The van der Waals surface area contributed by atoms with Gasteiger partial charge >= 0.3 is 0 Å². The molecule has 2 rings (SSSR count). The zero-order valence-electron chi connectivity index (χ0n) is 9.32. The summed E-state index contributed by atoms with van der Waals surface area (Å²) in [6.45, 7) is 1.64. The van der Waals surface area contributed by atoms with Gasteiger partial charge in [0.2, 0.25) is 0 Å². The third-order valence-electron chi connectivity index (χ3n) is 2.44. The van der Waals surface area contributed by atoms with Gasteiger partial charge in [-0.3, -0.25) is 4.79 Å². The van der Waals surface area contributed by atoms with Crippen LogP contribution in [0.1, 0.15) is 16.8 Å². The summed E-state index contributed by atoms with van der Waals surface area (Å²) < 4.78 is 23.3. The van der Waals surface area contributed by atoms with Gasteiger partial charge in [-0.25, -0.2) is 4.39 Å². The fourth-order valence-electron chi connectivity index (χ4n) is 1.61. The predicted molar refractivity (Wildman–Crippen MR) is 59.0 cm³/mol. The fraction of sp³-hybridized carbons (Fsp3) is 0.417. The van der Waals surface area contributed by atoms with E-state index in [2.05, 4.69) is 5.32 Å². The molecule has 1 aromatic carbocycles. The van der Waals surface area contributed by atoms with Crippen molar-refractivity contribution in [1.29, 1.82) is 0 Å². The first-order valence-corrected chi connectivity index (χ1v) is 5.53. The highest BCUT2D eigenvalue weighted by atomic mass is 19.1. The van der Waals surface area contributed by atoms with Crippen LogP contribution in [-0.4, -0.2) is 32.0 Å². The summed E-state index contributed by atoms with van der Waals surface area (Å²) in [5, 5.41) is 2.69. The molecule has 0 radical (unpaired) electrons. The minimum absolute atomic E-state index is 0.234. The molecule has 0 spiro atoms. The summed E-state index contributed by atoms with van der Waals surface area (Å²) in [4.78, 5) is 11.6. The molecule has 0 aliphatic carbocycles. The van der Waals surface area contributed by atoms with Crippen LogP contribution in [0.15, 0.2) is 24.3 Å². The Balaban J connectivity index is 1.77. The first kappa shape index (κ1) is 12.0. The van der Waals surface area contributed by atoms with Crippen molar-refractivity contribution in [3.63, 3.8) is 0 Å². The number of halogens is 1. The molecule has 0 bridgehead atoms. The van der Waals surface area contributed by atoms with Gasteiger partial charge in [-0.2, -0.15) is 0 Å². The van der Waals surface area contributed by atoms with Crippen LogP contribution in [0.2, 0.25) is 0 Å². The third-order valence-corrected chi connectivity index (χ3v) is 2.44. The summed E-state index contributed by atoms with van der Waals surface area (Å²) in [7, 11) is 0. The molecule has 5 heteroatoms. The average Bonchev–Trinajstić information content (AvgIpc) is 2.82. The molecule has 1 amide bonds. The van der Waals surface area contributed by atoms with Crippen LogP contribution in [0.4, 0.5) is 4.39 Å². The van der Waals surface area contributed by atoms with Crippen molar-refractivity contribution in [2.24, 2.45) is 0 Å². The SMILES string of the molecule is O=C(NCCC1OCCO1)c1cccc(F)c1. The summed E-state index contributed by atoms with van der Waals surface area (Å²) in [5.74, 6) is -0.706. The van der Waals surface area contributed by atoms with Crippen molar-refractivity contribution >= 4 is 5.91 Å². The van der Waals surface area contributed by atoms with Crippen molar-refractivity contribution in [3.8, 4) is 0 Å². The lowest BCUT2D eigenvalue weighted by molar-refractivity contribution is -0.0455. The Kier molecular flexibility index (Phi) is 4.06. The third kappa shape index (κ3) is 3.51. The highest BCUT2D eigenvalue weighted by Gasteiger charge is 2.15. The molecule has 1 heterocycles. The number of carbonyl (C=O) groups excluding carboxylic acids is 1. The van der Waals surface area contributed by atoms with E-state index >= 15 is 0 Å². The topological polar surface area (TPSA) is 47.6 Å². The van der Waals surface area contributed by atoms with Crippen molar-refractivity contribution < 1.29 is 18.7 Å². The lowest BCUT2D eigenvalue weighted by Crippen LogP contribution is -2.27. The molecule has 1 aromatic rings. The van der Waals surface area contributed by atoms with Crippen molar-refractivity contribution in [3.05, 3.63) is 35.6 Å². The van der Waals surface area contributed by atoms with E-state index in [-0.39, 0.29) is 12.2 Å². The largest absolute Gasteiger partial charge is 0.352 e. The Labute approximate surface area is 98.7 Å². The van der Waals surface area contributed by atoms with Gasteiger partial charge in [0.15, 0.2) is 6.29 Å². The smallest absolute Gasteiger partial charge is 0.251 e. The summed E-state index contributed by atoms with van der Waals surface area (Å²) in [6, 6.07) is 5.59. The van der Waals surface area contributed by atoms with E-state index < -0.39 is 5.82 Å². The lowest BCUT2D eigenvalue weighted by Gasteiger charge is -2.09. The van der Waals surface area contributed by atoms with Crippen molar-refractivity contribution in [2.45, 2.75) is 12.7 Å². The zero-order valence-corrected chi connectivity index (χ0v) is 9.32. The van der Waals surface area contributed by atoms with Gasteiger partial charge in [-0.15, -0.1) is 0 Å². The second kappa shape index (κ2) is 5.75. The molecule has 1 N–H and O–H groups in total. The number of hydrogen-bond donors (Lipinski definition) is 1. The van der Waals surface area contributed by atoms with Crippen molar-refractivity contribution in [1.82, 2.24) is 5.32 Å². The highest BCUT2D eigenvalue weighted by molar-refractivity contribution is 5.94. The van der Waals surface area contributed by atoms with E-state index in [0.29, 0.717) is 31.7 Å². The number of amides is 1. The van der Waals surface area contributed by atoms with Crippen molar-refractivity contribution in [2.75, 3.05) is 19.8 Å². The molecule has 17 heavy (non-hydrogen) atoms. The predicted octanol–water partition coefficient (Wildman–Crippen LogP) is 1.32. The number of ether oxygens (including phenoxy) is 2. The summed E-state index contributed by atoms with van der Waals surface area (Å²) in [5.41, 5.74) is 0.318. The number of hydrogen-bond acceptors (Lipinski definition) is 3. The second-order valence-corrected chi connectivity index (χ2v) is 3.73. The van der Waals surface area contributed by atoms with Crippen LogP contribution >= 0.6 is 0 Å². The van der Waals surface area contributed by atoms with Crippen LogP contribution in [0.5, 0.6) is 0 Å². The van der Waals surface area contributed by atoms with Gasteiger partial charge in [0.25, 0.3) is 5.91 Å². The number of carbonyl (C=O) groups is 1. The van der Waals surface area contributed by atoms with Gasteiger partial charge < -0.3 is 14.8 Å². The Morgan fingerprint density at radius 2 is 2.18 bits per heavy atom. The van der Waals surface area contributed by atoms with Gasteiger partial charge in [-0.1, -0.05) is 6.07 Å².